The summed E-state index contributed by atoms with van der Waals surface area (Å²) >= 11 is 1.46. The number of rotatable bonds is 3. The first kappa shape index (κ1) is 18.2. The van der Waals surface area contributed by atoms with Gasteiger partial charge >= 0.3 is 0 Å². The summed E-state index contributed by atoms with van der Waals surface area (Å²) in [5, 5.41) is 12.9. The van der Waals surface area contributed by atoms with E-state index in [1.165, 1.54) is 16.2 Å². The maximum Gasteiger partial charge on any atom is 0.300 e. The van der Waals surface area contributed by atoms with Gasteiger partial charge in [-0.05, 0) is 36.9 Å². The van der Waals surface area contributed by atoms with Crippen LogP contribution in [-0.2, 0) is 9.59 Å². The number of aliphatic hydroxyl groups excluding tert-OH is 1. The molecule has 0 spiro atoms. The highest BCUT2D eigenvalue weighted by Crippen LogP contribution is 2.44. The Bertz CT molecular complexity index is 1080. The first-order valence-electron chi connectivity index (χ1n) is 8.96. The van der Waals surface area contributed by atoms with Crippen molar-refractivity contribution in [3.63, 3.8) is 0 Å². The van der Waals surface area contributed by atoms with Crippen LogP contribution in [0.15, 0.2) is 71.6 Å². The Morgan fingerprint density at radius 2 is 1.68 bits per heavy atom. The number of hydrogen-bond acceptors (Lipinski definition) is 4. The minimum Gasteiger partial charge on any atom is -0.507 e. The lowest BCUT2D eigenvalue weighted by atomic mass is 9.99. The SMILES string of the molecule is Cc1ccc(/C(O)=C2/C(=O)C(=O)N(c3ccccc3C)C2c2cccs2)cc1. The van der Waals surface area contributed by atoms with Gasteiger partial charge in [-0.25, -0.2) is 0 Å². The lowest BCUT2D eigenvalue weighted by Gasteiger charge is -2.25. The fourth-order valence-electron chi connectivity index (χ4n) is 3.50. The molecule has 1 unspecified atom stereocenters. The van der Waals surface area contributed by atoms with Gasteiger partial charge in [0.15, 0.2) is 0 Å². The predicted molar refractivity (Wildman–Crippen MR) is 111 cm³/mol. The van der Waals surface area contributed by atoms with Gasteiger partial charge in [-0.2, -0.15) is 0 Å². The van der Waals surface area contributed by atoms with Crippen molar-refractivity contribution in [3.8, 4) is 0 Å². The van der Waals surface area contributed by atoms with Crippen molar-refractivity contribution in [2.24, 2.45) is 0 Å². The number of carbonyl (C=O) groups is 2. The van der Waals surface area contributed by atoms with E-state index < -0.39 is 17.7 Å². The van der Waals surface area contributed by atoms with Crippen molar-refractivity contribution in [2.75, 3.05) is 4.90 Å². The van der Waals surface area contributed by atoms with E-state index in [1.54, 1.807) is 12.1 Å². The van der Waals surface area contributed by atoms with E-state index in [0.29, 0.717) is 11.3 Å². The number of anilines is 1. The lowest BCUT2D eigenvalue weighted by Crippen LogP contribution is -2.29. The van der Waals surface area contributed by atoms with Crippen LogP contribution >= 0.6 is 11.3 Å². The molecule has 1 aromatic heterocycles. The summed E-state index contributed by atoms with van der Waals surface area (Å²) < 4.78 is 0. The van der Waals surface area contributed by atoms with Gasteiger partial charge in [0.1, 0.15) is 11.8 Å². The van der Waals surface area contributed by atoms with E-state index in [9.17, 15) is 14.7 Å². The summed E-state index contributed by atoms with van der Waals surface area (Å²) in [7, 11) is 0. The summed E-state index contributed by atoms with van der Waals surface area (Å²) in [5.41, 5.74) is 3.26. The molecule has 1 N–H and O–H groups in total. The number of aryl methyl sites for hydroxylation is 2. The molecule has 140 valence electrons. The predicted octanol–water partition coefficient (Wildman–Crippen LogP) is 4.99. The largest absolute Gasteiger partial charge is 0.507 e. The van der Waals surface area contributed by atoms with Crippen LogP contribution < -0.4 is 4.90 Å². The lowest BCUT2D eigenvalue weighted by molar-refractivity contribution is -0.132. The summed E-state index contributed by atoms with van der Waals surface area (Å²) in [6.07, 6.45) is 0. The summed E-state index contributed by atoms with van der Waals surface area (Å²) in [6.45, 7) is 3.85. The van der Waals surface area contributed by atoms with Crippen LogP contribution in [0.25, 0.3) is 5.76 Å². The van der Waals surface area contributed by atoms with Crippen molar-refractivity contribution < 1.29 is 14.7 Å². The average Bonchev–Trinajstić information content (AvgIpc) is 3.30. The number of ketones is 1. The Labute approximate surface area is 167 Å². The van der Waals surface area contributed by atoms with Crippen LogP contribution in [0.3, 0.4) is 0 Å². The van der Waals surface area contributed by atoms with Crippen LogP contribution in [0.4, 0.5) is 5.69 Å². The Kier molecular flexibility index (Phi) is 4.61. The second-order valence-corrected chi connectivity index (χ2v) is 7.82. The maximum absolute atomic E-state index is 13.0. The number of para-hydroxylation sites is 1. The molecule has 2 aromatic carbocycles. The van der Waals surface area contributed by atoms with Gasteiger partial charge in [-0.15, -0.1) is 11.3 Å². The van der Waals surface area contributed by atoms with Gasteiger partial charge in [-0.1, -0.05) is 54.1 Å². The average molecular weight is 389 g/mol. The molecule has 1 amide bonds. The highest BCUT2D eigenvalue weighted by atomic mass is 32.1. The van der Waals surface area contributed by atoms with Crippen molar-refractivity contribution in [2.45, 2.75) is 19.9 Å². The van der Waals surface area contributed by atoms with Crippen LogP contribution in [-0.4, -0.2) is 16.8 Å². The molecule has 0 aliphatic carbocycles. The van der Waals surface area contributed by atoms with Crippen LogP contribution in [0.2, 0.25) is 0 Å². The van der Waals surface area contributed by atoms with Gasteiger partial charge in [-0.3, -0.25) is 14.5 Å². The van der Waals surface area contributed by atoms with Gasteiger partial charge in [0.05, 0.1) is 5.57 Å². The molecule has 1 aliphatic heterocycles. The molecule has 0 saturated carbocycles. The van der Waals surface area contributed by atoms with Crippen molar-refractivity contribution in [1.29, 1.82) is 0 Å². The molecule has 1 fully saturated rings. The first-order chi connectivity index (χ1) is 13.5. The normalized spacial score (nSPS) is 18.6. The molecule has 1 saturated heterocycles. The number of hydrogen-bond donors (Lipinski definition) is 1. The molecule has 0 radical (unpaired) electrons. The number of amides is 1. The third kappa shape index (κ3) is 2.94. The molecule has 0 bridgehead atoms. The summed E-state index contributed by atoms with van der Waals surface area (Å²) in [4.78, 5) is 28.3. The summed E-state index contributed by atoms with van der Waals surface area (Å²) in [5.74, 6) is -1.44. The number of thiophene rings is 1. The second-order valence-electron chi connectivity index (χ2n) is 6.84. The molecule has 5 heteroatoms. The van der Waals surface area contributed by atoms with Gasteiger partial charge in [0, 0.05) is 16.1 Å². The molecule has 1 atom stereocenters. The molecule has 4 rings (SSSR count). The Morgan fingerprint density at radius 3 is 2.32 bits per heavy atom. The zero-order valence-electron chi connectivity index (χ0n) is 15.5. The molecule has 3 aromatic rings. The topological polar surface area (TPSA) is 57.6 Å². The Morgan fingerprint density at radius 1 is 0.964 bits per heavy atom. The van der Waals surface area contributed by atoms with E-state index >= 15 is 0 Å². The monoisotopic (exact) mass is 389 g/mol. The third-order valence-electron chi connectivity index (χ3n) is 4.96. The Balaban J connectivity index is 1.94. The highest BCUT2D eigenvalue weighted by molar-refractivity contribution is 7.10. The van der Waals surface area contributed by atoms with E-state index in [2.05, 4.69) is 0 Å². The standard InChI is InChI=1S/C23H19NO3S/c1-14-9-11-16(12-10-14)21(25)19-20(18-8-5-13-28-18)24(23(27)22(19)26)17-7-4-3-6-15(17)2/h3-13,20,25H,1-2H3/b21-19-. The molecular weight excluding hydrogens is 370 g/mol. The zero-order valence-corrected chi connectivity index (χ0v) is 16.4. The van der Waals surface area contributed by atoms with Crippen LogP contribution in [0, 0.1) is 13.8 Å². The first-order valence-corrected chi connectivity index (χ1v) is 9.84. The van der Waals surface area contributed by atoms with Gasteiger partial charge in [0.2, 0.25) is 0 Å². The van der Waals surface area contributed by atoms with Crippen molar-refractivity contribution >= 4 is 34.5 Å². The summed E-state index contributed by atoms with van der Waals surface area (Å²) in [6, 6.07) is 17.8. The highest BCUT2D eigenvalue weighted by Gasteiger charge is 2.47. The van der Waals surface area contributed by atoms with E-state index in [4.69, 9.17) is 0 Å². The van der Waals surface area contributed by atoms with Crippen molar-refractivity contribution in [1.82, 2.24) is 0 Å². The Hall–Kier alpha value is -3.18. The quantitative estimate of drug-likeness (QED) is 0.390. The fraction of sp³-hybridized carbons (Fsp3) is 0.130. The van der Waals surface area contributed by atoms with Gasteiger partial charge < -0.3 is 5.11 Å². The van der Waals surface area contributed by atoms with E-state index in [0.717, 1.165) is 16.0 Å². The second kappa shape index (κ2) is 7.09. The molecule has 4 nitrogen and oxygen atoms in total. The number of aliphatic hydroxyl groups is 1. The minimum atomic E-state index is -0.667. The third-order valence-corrected chi connectivity index (χ3v) is 5.88. The molecule has 1 aliphatic rings. The zero-order chi connectivity index (χ0) is 19.8. The van der Waals surface area contributed by atoms with E-state index in [-0.39, 0.29) is 11.3 Å². The van der Waals surface area contributed by atoms with Crippen LogP contribution in [0.5, 0.6) is 0 Å². The minimum absolute atomic E-state index is 0.125. The van der Waals surface area contributed by atoms with Crippen molar-refractivity contribution in [3.05, 3.63) is 93.2 Å². The smallest absolute Gasteiger partial charge is 0.300 e. The molecule has 28 heavy (non-hydrogen) atoms. The molecule has 2 heterocycles. The van der Waals surface area contributed by atoms with Crippen LogP contribution in [0.1, 0.15) is 27.6 Å². The number of carbonyl (C=O) groups excluding carboxylic acids is 2. The van der Waals surface area contributed by atoms with Gasteiger partial charge in [0.25, 0.3) is 11.7 Å². The number of Topliss-reactive ketones (excluding diaryl/α,β-unsaturated/α-hetero) is 1. The maximum atomic E-state index is 13.0. The number of benzene rings is 2. The number of nitrogens with zero attached hydrogens (tertiary/aromatic N) is 1. The molecular formula is C23H19NO3S. The van der Waals surface area contributed by atoms with E-state index in [1.807, 2.05) is 67.8 Å². The fourth-order valence-corrected chi connectivity index (χ4v) is 4.32.